The Morgan fingerprint density at radius 1 is 1.32 bits per heavy atom. The van der Waals surface area contributed by atoms with Crippen molar-refractivity contribution in [3.8, 4) is 0 Å². The van der Waals surface area contributed by atoms with Crippen LogP contribution in [0.25, 0.3) is 0 Å². The first-order valence-electron chi connectivity index (χ1n) is 6.84. The summed E-state index contributed by atoms with van der Waals surface area (Å²) in [7, 11) is 0. The van der Waals surface area contributed by atoms with Gasteiger partial charge in [0.2, 0.25) is 11.8 Å². The average Bonchev–Trinajstić information content (AvgIpc) is 3.17. The number of carboxylic acids is 1. The van der Waals surface area contributed by atoms with E-state index in [1.165, 1.54) is 0 Å². The molecule has 1 saturated carbocycles. The van der Waals surface area contributed by atoms with Crippen LogP contribution in [0.3, 0.4) is 0 Å². The van der Waals surface area contributed by atoms with Crippen LogP contribution in [-0.4, -0.2) is 35.5 Å². The number of amides is 2. The third kappa shape index (κ3) is 6.22. The van der Waals surface area contributed by atoms with Gasteiger partial charge in [0.15, 0.2) is 0 Å². The van der Waals surface area contributed by atoms with Crippen LogP contribution in [0.5, 0.6) is 0 Å². The van der Waals surface area contributed by atoms with E-state index in [9.17, 15) is 14.4 Å². The zero-order chi connectivity index (χ0) is 14.3. The lowest BCUT2D eigenvalue weighted by molar-refractivity contribution is -0.142. The predicted molar refractivity (Wildman–Crippen MR) is 69.4 cm³/mol. The number of carboxylic acid groups (broad SMARTS) is 1. The molecule has 6 nitrogen and oxygen atoms in total. The number of rotatable bonds is 9. The molecule has 6 heteroatoms. The minimum Gasteiger partial charge on any atom is -0.480 e. The molecule has 19 heavy (non-hydrogen) atoms. The summed E-state index contributed by atoms with van der Waals surface area (Å²) in [5, 5.41) is 14.1. The van der Waals surface area contributed by atoms with Crippen molar-refractivity contribution in [1.29, 1.82) is 0 Å². The van der Waals surface area contributed by atoms with Crippen LogP contribution >= 0.6 is 0 Å². The molecular weight excluding hydrogens is 248 g/mol. The fraction of sp³-hybridized carbons (Fsp3) is 0.769. The lowest BCUT2D eigenvalue weighted by Crippen LogP contribution is -2.40. The summed E-state index contributed by atoms with van der Waals surface area (Å²) in [6.45, 7) is 2.34. The summed E-state index contributed by atoms with van der Waals surface area (Å²) < 4.78 is 0. The van der Waals surface area contributed by atoms with Gasteiger partial charge in [-0.15, -0.1) is 0 Å². The largest absolute Gasteiger partial charge is 0.480 e. The maximum Gasteiger partial charge on any atom is 0.326 e. The van der Waals surface area contributed by atoms with Gasteiger partial charge >= 0.3 is 5.97 Å². The summed E-state index contributed by atoms with van der Waals surface area (Å²) in [5.41, 5.74) is 0. The van der Waals surface area contributed by atoms with E-state index in [1.807, 2.05) is 6.92 Å². The fourth-order valence-corrected chi connectivity index (χ4v) is 1.76. The highest BCUT2D eigenvalue weighted by Crippen LogP contribution is 2.28. The molecule has 0 radical (unpaired) electrons. The Morgan fingerprint density at radius 3 is 2.53 bits per heavy atom. The van der Waals surface area contributed by atoms with Crippen LogP contribution in [0.2, 0.25) is 0 Å². The first kappa shape index (κ1) is 15.5. The van der Waals surface area contributed by atoms with E-state index in [4.69, 9.17) is 5.11 Å². The molecule has 1 aliphatic rings. The standard InChI is InChI=1S/C13H22N2O4/c1-2-4-10(13(18)19)15-11(16)5-3-8-14-12(17)9-6-7-9/h9-10H,2-8H2,1H3,(H,14,17)(H,15,16)(H,18,19). The predicted octanol–water partition coefficient (Wildman–Crippen LogP) is 0.662. The third-order valence-corrected chi connectivity index (χ3v) is 3.04. The zero-order valence-corrected chi connectivity index (χ0v) is 11.3. The SMILES string of the molecule is CCCC(NC(=O)CCCNC(=O)C1CC1)C(=O)O. The van der Waals surface area contributed by atoms with Crippen molar-refractivity contribution in [2.45, 2.75) is 51.5 Å². The van der Waals surface area contributed by atoms with Crippen LogP contribution in [0.15, 0.2) is 0 Å². The highest BCUT2D eigenvalue weighted by Gasteiger charge is 2.29. The second-order valence-corrected chi connectivity index (χ2v) is 4.92. The van der Waals surface area contributed by atoms with Gasteiger partial charge in [0.1, 0.15) is 6.04 Å². The molecule has 1 aliphatic carbocycles. The van der Waals surface area contributed by atoms with Crippen LogP contribution < -0.4 is 10.6 Å². The molecule has 108 valence electrons. The Bertz CT molecular complexity index is 340. The lowest BCUT2D eigenvalue weighted by atomic mass is 10.1. The number of carbonyl (C=O) groups is 3. The van der Waals surface area contributed by atoms with Gasteiger partial charge in [0, 0.05) is 18.9 Å². The molecule has 3 N–H and O–H groups in total. The first-order chi connectivity index (χ1) is 9.04. The van der Waals surface area contributed by atoms with E-state index in [1.54, 1.807) is 0 Å². The van der Waals surface area contributed by atoms with Gasteiger partial charge in [-0.05, 0) is 25.7 Å². The van der Waals surface area contributed by atoms with Crippen LogP contribution in [0.1, 0.15) is 45.4 Å². The van der Waals surface area contributed by atoms with Gasteiger partial charge < -0.3 is 15.7 Å². The minimum absolute atomic E-state index is 0.0646. The van der Waals surface area contributed by atoms with E-state index in [0.29, 0.717) is 25.8 Å². The second kappa shape index (κ2) is 7.76. The van der Waals surface area contributed by atoms with Crippen LogP contribution in [0, 0.1) is 5.92 Å². The maximum absolute atomic E-state index is 11.5. The molecule has 0 aromatic carbocycles. The summed E-state index contributed by atoms with van der Waals surface area (Å²) in [5.74, 6) is -1.04. The molecule has 1 rings (SSSR count). The Hall–Kier alpha value is -1.59. The summed E-state index contributed by atoms with van der Waals surface area (Å²) in [4.78, 5) is 33.7. The molecule has 0 spiro atoms. The Balaban J connectivity index is 2.11. The molecule has 1 unspecified atom stereocenters. The Kier molecular flexibility index (Phi) is 6.32. The molecule has 0 aromatic rings. The van der Waals surface area contributed by atoms with Gasteiger partial charge in [-0.3, -0.25) is 9.59 Å². The van der Waals surface area contributed by atoms with Crippen molar-refractivity contribution >= 4 is 17.8 Å². The van der Waals surface area contributed by atoms with Crippen molar-refractivity contribution in [3.63, 3.8) is 0 Å². The van der Waals surface area contributed by atoms with Gasteiger partial charge in [-0.25, -0.2) is 4.79 Å². The molecule has 0 aromatic heterocycles. The van der Waals surface area contributed by atoms with Crippen molar-refractivity contribution in [2.24, 2.45) is 5.92 Å². The molecule has 2 amide bonds. The van der Waals surface area contributed by atoms with E-state index < -0.39 is 12.0 Å². The Morgan fingerprint density at radius 2 is 2.00 bits per heavy atom. The quantitative estimate of drug-likeness (QED) is 0.536. The van der Waals surface area contributed by atoms with E-state index in [0.717, 1.165) is 12.8 Å². The van der Waals surface area contributed by atoms with Gasteiger partial charge in [0.05, 0.1) is 0 Å². The van der Waals surface area contributed by atoms with Crippen LogP contribution in [-0.2, 0) is 14.4 Å². The van der Waals surface area contributed by atoms with Gasteiger partial charge in [-0.2, -0.15) is 0 Å². The lowest BCUT2D eigenvalue weighted by Gasteiger charge is -2.13. The minimum atomic E-state index is -1.00. The van der Waals surface area contributed by atoms with Crippen molar-refractivity contribution in [1.82, 2.24) is 10.6 Å². The number of carbonyl (C=O) groups excluding carboxylic acids is 2. The second-order valence-electron chi connectivity index (χ2n) is 4.92. The molecule has 0 heterocycles. The molecular formula is C13H22N2O4. The molecule has 1 fully saturated rings. The summed E-state index contributed by atoms with van der Waals surface area (Å²) in [6, 6.07) is -0.807. The zero-order valence-electron chi connectivity index (χ0n) is 11.3. The highest BCUT2D eigenvalue weighted by atomic mass is 16.4. The van der Waals surface area contributed by atoms with Crippen molar-refractivity contribution < 1.29 is 19.5 Å². The molecule has 0 saturated heterocycles. The first-order valence-corrected chi connectivity index (χ1v) is 6.84. The van der Waals surface area contributed by atoms with E-state index in [-0.39, 0.29) is 24.2 Å². The van der Waals surface area contributed by atoms with Gasteiger partial charge in [0.25, 0.3) is 0 Å². The number of hydrogen-bond donors (Lipinski definition) is 3. The van der Waals surface area contributed by atoms with Gasteiger partial charge in [-0.1, -0.05) is 13.3 Å². The molecule has 1 atom stereocenters. The molecule has 0 bridgehead atoms. The van der Waals surface area contributed by atoms with Crippen LogP contribution in [0.4, 0.5) is 0 Å². The third-order valence-electron chi connectivity index (χ3n) is 3.04. The smallest absolute Gasteiger partial charge is 0.326 e. The normalized spacial score (nSPS) is 15.6. The molecule has 0 aliphatic heterocycles. The fourth-order valence-electron chi connectivity index (χ4n) is 1.76. The van der Waals surface area contributed by atoms with Crippen molar-refractivity contribution in [3.05, 3.63) is 0 Å². The van der Waals surface area contributed by atoms with Crippen molar-refractivity contribution in [2.75, 3.05) is 6.54 Å². The number of nitrogens with one attached hydrogen (secondary N) is 2. The number of aliphatic carboxylic acids is 1. The van der Waals surface area contributed by atoms with E-state index >= 15 is 0 Å². The monoisotopic (exact) mass is 270 g/mol. The summed E-state index contributed by atoms with van der Waals surface area (Å²) in [6.07, 6.45) is 3.82. The highest BCUT2D eigenvalue weighted by molar-refractivity contribution is 5.83. The van der Waals surface area contributed by atoms with E-state index in [2.05, 4.69) is 10.6 Å². The number of hydrogen-bond acceptors (Lipinski definition) is 3. The topological polar surface area (TPSA) is 95.5 Å². The average molecular weight is 270 g/mol. The summed E-state index contributed by atoms with van der Waals surface area (Å²) >= 11 is 0. The Labute approximate surface area is 112 Å². The maximum atomic E-state index is 11.5.